The SMILES string of the molecule is Cc1cc(I)ccc1N.Cc1cc(I)ccc1N1CCOCC1.ClCCOCCCl. The van der Waals surface area contributed by atoms with Crippen molar-refractivity contribution < 1.29 is 9.47 Å². The summed E-state index contributed by atoms with van der Waals surface area (Å²) in [5, 5.41) is 0. The molecule has 1 aliphatic rings. The third kappa shape index (κ3) is 11.6. The van der Waals surface area contributed by atoms with Crippen molar-refractivity contribution in [3.05, 3.63) is 54.7 Å². The van der Waals surface area contributed by atoms with Crippen LogP contribution in [0.15, 0.2) is 36.4 Å². The largest absolute Gasteiger partial charge is 0.399 e. The van der Waals surface area contributed by atoms with Crippen LogP contribution in [-0.2, 0) is 9.47 Å². The van der Waals surface area contributed by atoms with E-state index in [0.717, 1.165) is 37.6 Å². The second kappa shape index (κ2) is 16.6. The van der Waals surface area contributed by atoms with Crippen LogP contribution in [0, 0.1) is 21.0 Å². The van der Waals surface area contributed by atoms with Gasteiger partial charge in [-0.1, -0.05) is 0 Å². The highest BCUT2D eigenvalue weighted by Crippen LogP contribution is 2.22. The van der Waals surface area contributed by atoms with E-state index in [1.165, 1.54) is 18.4 Å². The molecule has 8 heteroatoms. The first-order valence-electron chi connectivity index (χ1n) is 9.69. The highest BCUT2D eigenvalue weighted by atomic mass is 127. The van der Waals surface area contributed by atoms with Gasteiger partial charge in [0, 0.05) is 43.4 Å². The summed E-state index contributed by atoms with van der Waals surface area (Å²) in [6.07, 6.45) is 0. The Morgan fingerprint density at radius 2 is 1.47 bits per heavy atom. The van der Waals surface area contributed by atoms with Crippen LogP contribution in [0.2, 0.25) is 0 Å². The highest BCUT2D eigenvalue weighted by Gasteiger charge is 2.12. The molecular weight excluding hydrogens is 649 g/mol. The number of morpholine rings is 1. The Bertz CT molecular complexity index is 741. The van der Waals surface area contributed by atoms with E-state index in [1.807, 2.05) is 19.1 Å². The summed E-state index contributed by atoms with van der Waals surface area (Å²) in [6.45, 7) is 9.13. The second-order valence-corrected chi connectivity index (χ2v) is 9.77. The molecular formula is C22H30Cl2I2N2O2. The first kappa shape index (κ1) is 28.0. The molecule has 0 aromatic heterocycles. The molecule has 1 fully saturated rings. The molecule has 1 aliphatic heterocycles. The number of nitrogen functional groups attached to an aromatic ring is 1. The Balaban J connectivity index is 0.000000244. The van der Waals surface area contributed by atoms with Crippen molar-refractivity contribution >= 4 is 79.8 Å². The molecule has 2 aromatic carbocycles. The monoisotopic (exact) mass is 678 g/mol. The van der Waals surface area contributed by atoms with Gasteiger partial charge in [0.1, 0.15) is 0 Å². The van der Waals surface area contributed by atoms with E-state index in [-0.39, 0.29) is 0 Å². The molecule has 0 saturated carbocycles. The van der Waals surface area contributed by atoms with E-state index in [9.17, 15) is 0 Å². The minimum absolute atomic E-state index is 0.552. The van der Waals surface area contributed by atoms with E-state index in [4.69, 9.17) is 38.4 Å². The maximum atomic E-state index is 5.59. The van der Waals surface area contributed by atoms with Crippen LogP contribution in [0.1, 0.15) is 11.1 Å². The Morgan fingerprint density at radius 1 is 0.933 bits per heavy atom. The molecule has 0 spiro atoms. The van der Waals surface area contributed by atoms with E-state index < -0.39 is 0 Å². The van der Waals surface area contributed by atoms with Gasteiger partial charge < -0.3 is 20.1 Å². The molecule has 4 nitrogen and oxygen atoms in total. The summed E-state index contributed by atoms with van der Waals surface area (Å²) in [5.41, 5.74) is 10.3. The van der Waals surface area contributed by atoms with Crippen LogP contribution in [-0.4, -0.2) is 51.3 Å². The quantitative estimate of drug-likeness (QED) is 0.180. The summed E-state index contributed by atoms with van der Waals surface area (Å²) in [4.78, 5) is 2.40. The van der Waals surface area contributed by atoms with Crippen molar-refractivity contribution in [2.45, 2.75) is 13.8 Å². The van der Waals surface area contributed by atoms with Crippen LogP contribution in [0.5, 0.6) is 0 Å². The average Bonchev–Trinajstić information content (AvgIpc) is 2.73. The number of benzene rings is 2. The summed E-state index contributed by atoms with van der Waals surface area (Å²) in [7, 11) is 0. The Kier molecular flexibility index (Phi) is 15.5. The minimum atomic E-state index is 0.552. The Hall–Kier alpha value is -0.0000000000000000555. The number of aryl methyl sites for hydroxylation is 2. The summed E-state index contributed by atoms with van der Waals surface area (Å²) in [5.74, 6) is 1.10. The van der Waals surface area contributed by atoms with Crippen molar-refractivity contribution in [2.24, 2.45) is 0 Å². The van der Waals surface area contributed by atoms with Crippen molar-refractivity contribution in [1.82, 2.24) is 0 Å². The Labute approximate surface area is 218 Å². The first-order chi connectivity index (χ1) is 14.4. The van der Waals surface area contributed by atoms with E-state index in [0.29, 0.717) is 25.0 Å². The highest BCUT2D eigenvalue weighted by molar-refractivity contribution is 14.1. The topological polar surface area (TPSA) is 47.7 Å². The number of hydrogen-bond acceptors (Lipinski definition) is 4. The lowest BCUT2D eigenvalue weighted by atomic mass is 10.2. The van der Waals surface area contributed by atoms with Gasteiger partial charge in [-0.2, -0.15) is 0 Å². The summed E-state index contributed by atoms with van der Waals surface area (Å²) < 4.78 is 12.7. The zero-order valence-corrected chi connectivity index (χ0v) is 23.3. The molecule has 0 amide bonds. The van der Waals surface area contributed by atoms with Crippen LogP contribution in [0.4, 0.5) is 11.4 Å². The molecule has 0 atom stereocenters. The molecule has 1 heterocycles. The lowest BCUT2D eigenvalue weighted by Crippen LogP contribution is -2.36. The van der Waals surface area contributed by atoms with Gasteiger partial charge in [0.05, 0.1) is 26.4 Å². The molecule has 0 unspecified atom stereocenters. The lowest BCUT2D eigenvalue weighted by Gasteiger charge is -2.30. The number of nitrogens with zero attached hydrogens (tertiary/aromatic N) is 1. The average molecular weight is 679 g/mol. The molecule has 0 bridgehead atoms. The molecule has 168 valence electrons. The van der Waals surface area contributed by atoms with Gasteiger partial charge in [-0.05, 0) is 107 Å². The third-order valence-corrected chi connectivity index (χ3v) is 5.84. The van der Waals surface area contributed by atoms with E-state index in [1.54, 1.807) is 0 Å². The van der Waals surface area contributed by atoms with Crippen LogP contribution >= 0.6 is 68.4 Å². The predicted octanol–water partition coefficient (Wildman–Crippen LogP) is 6.10. The second-order valence-electron chi connectivity index (χ2n) is 6.52. The van der Waals surface area contributed by atoms with E-state index in [2.05, 4.69) is 81.3 Å². The standard InChI is InChI=1S/C11H14INO.C7H8IN.C4H8Cl2O/c1-9-8-10(12)2-3-11(9)13-4-6-14-7-5-13;1-5-4-6(8)2-3-7(5)9;5-1-3-7-4-2-6/h2-3,8H,4-7H2,1H3;2-4H,9H2,1H3;1-4H2. The number of nitrogens with two attached hydrogens (primary N) is 1. The van der Waals surface area contributed by atoms with Gasteiger partial charge in [0.25, 0.3) is 0 Å². The first-order valence-corrected chi connectivity index (χ1v) is 12.9. The number of ether oxygens (including phenoxy) is 2. The van der Waals surface area contributed by atoms with Gasteiger partial charge in [-0.25, -0.2) is 0 Å². The maximum Gasteiger partial charge on any atom is 0.0642 e. The molecule has 0 aliphatic carbocycles. The number of anilines is 2. The minimum Gasteiger partial charge on any atom is -0.399 e. The molecule has 1 saturated heterocycles. The molecule has 2 aromatic rings. The fourth-order valence-electron chi connectivity index (χ4n) is 2.63. The fourth-order valence-corrected chi connectivity index (χ4v) is 4.14. The van der Waals surface area contributed by atoms with Gasteiger partial charge in [0.15, 0.2) is 0 Å². The van der Waals surface area contributed by atoms with Crippen LogP contribution in [0.25, 0.3) is 0 Å². The predicted molar refractivity (Wildman–Crippen MR) is 147 cm³/mol. The van der Waals surface area contributed by atoms with Crippen LogP contribution < -0.4 is 10.6 Å². The van der Waals surface area contributed by atoms with Crippen molar-refractivity contribution in [3.8, 4) is 0 Å². The number of hydrogen-bond donors (Lipinski definition) is 1. The normalized spacial score (nSPS) is 13.1. The smallest absolute Gasteiger partial charge is 0.0642 e. The summed E-state index contributed by atoms with van der Waals surface area (Å²) in [6, 6.07) is 12.6. The summed E-state index contributed by atoms with van der Waals surface area (Å²) >= 11 is 15.2. The lowest BCUT2D eigenvalue weighted by molar-refractivity contribution is 0.122. The van der Waals surface area contributed by atoms with Gasteiger partial charge in [0.2, 0.25) is 0 Å². The fraction of sp³-hybridized carbons (Fsp3) is 0.455. The number of alkyl halides is 2. The van der Waals surface area contributed by atoms with Crippen LogP contribution in [0.3, 0.4) is 0 Å². The van der Waals surface area contributed by atoms with Crippen molar-refractivity contribution in [3.63, 3.8) is 0 Å². The number of halogens is 4. The molecule has 0 radical (unpaired) electrons. The van der Waals surface area contributed by atoms with E-state index >= 15 is 0 Å². The van der Waals surface area contributed by atoms with Gasteiger partial charge >= 0.3 is 0 Å². The van der Waals surface area contributed by atoms with Gasteiger partial charge in [-0.3, -0.25) is 0 Å². The molecule has 2 N–H and O–H groups in total. The zero-order chi connectivity index (χ0) is 22.4. The Morgan fingerprint density at radius 3 is 1.93 bits per heavy atom. The third-order valence-electron chi connectivity index (χ3n) is 4.19. The zero-order valence-electron chi connectivity index (χ0n) is 17.5. The van der Waals surface area contributed by atoms with Crippen molar-refractivity contribution in [2.75, 3.05) is 61.9 Å². The van der Waals surface area contributed by atoms with Gasteiger partial charge in [-0.15, -0.1) is 23.2 Å². The number of rotatable bonds is 5. The maximum absolute atomic E-state index is 5.59. The van der Waals surface area contributed by atoms with Crippen molar-refractivity contribution in [1.29, 1.82) is 0 Å². The molecule has 3 rings (SSSR count). The molecule has 30 heavy (non-hydrogen) atoms.